The number of fused-ring (bicyclic) bond motifs is 1. The molecule has 4 amide bonds. The molecule has 0 aliphatic carbocycles. The van der Waals surface area contributed by atoms with Gasteiger partial charge in [-0.25, -0.2) is 4.79 Å². The summed E-state index contributed by atoms with van der Waals surface area (Å²) in [6.45, 7) is 9.66. The highest BCUT2D eigenvalue weighted by molar-refractivity contribution is 6.22. The minimum absolute atomic E-state index is 0.308. The number of urea groups is 1. The zero-order valence-corrected chi connectivity index (χ0v) is 17.5. The van der Waals surface area contributed by atoms with Gasteiger partial charge in [0.05, 0.1) is 11.1 Å². The summed E-state index contributed by atoms with van der Waals surface area (Å²) in [5.74, 6) is -0.335. The summed E-state index contributed by atoms with van der Waals surface area (Å²) in [7, 11) is 0. The largest absolute Gasteiger partial charge is 0.323 e. The maximum atomic E-state index is 12.7. The van der Waals surface area contributed by atoms with Crippen molar-refractivity contribution in [3.05, 3.63) is 59.2 Å². The normalized spacial score (nSPS) is 14.6. The molecule has 29 heavy (non-hydrogen) atoms. The van der Waals surface area contributed by atoms with Crippen LogP contribution in [-0.4, -0.2) is 28.3 Å². The molecule has 0 radical (unpaired) electrons. The average Bonchev–Trinajstić information content (AvgIpc) is 2.91. The second kappa shape index (κ2) is 7.70. The molecular weight excluding hydrogens is 366 g/mol. The number of benzene rings is 2. The Labute approximate surface area is 171 Å². The monoisotopic (exact) mass is 393 g/mol. The first-order chi connectivity index (χ1) is 13.6. The van der Waals surface area contributed by atoms with Crippen LogP contribution in [0.4, 0.5) is 16.2 Å². The van der Waals surface area contributed by atoms with Crippen LogP contribution in [0.1, 0.15) is 73.2 Å². The molecule has 2 aromatic carbocycles. The Kier molecular flexibility index (Phi) is 5.46. The van der Waals surface area contributed by atoms with Gasteiger partial charge in [-0.3, -0.25) is 14.5 Å². The van der Waals surface area contributed by atoms with Gasteiger partial charge in [0.1, 0.15) is 0 Å². The van der Waals surface area contributed by atoms with Crippen molar-refractivity contribution in [3.8, 4) is 0 Å². The van der Waals surface area contributed by atoms with E-state index in [0.29, 0.717) is 22.7 Å². The Bertz CT molecular complexity index is 976. The van der Waals surface area contributed by atoms with Crippen molar-refractivity contribution in [2.45, 2.75) is 52.5 Å². The molecule has 0 saturated carbocycles. The minimum Gasteiger partial charge on any atom is -0.308 e. The van der Waals surface area contributed by atoms with Crippen molar-refractivity contribution < 1.29 is 14.4 Å². The molecule has 2 aromatic rings. The zero-order chi connectivity index (χ0) is 21.3. The third-order valence-corrected chi connectivity index (χ3v) is 5.17. The van der Waals surface area contributed by atoms with Crippen molar-refractivity contribution in [1.82, 2.24) is 4.90 Å². The fourth-order valence-electron chi connectivity index (χ4n) is 3.47. The van der Waals surface area contributed by atoms with E-state index in [2.05, 4.69) is 24.5 Å². The highest BCUT2D eigenvalue weighted by Gasteiger charge is 2.41. The first kappa shape index (κ1) is 20.6. The summed E-state index contributed by atoms with van der Waals surface area (Å²) in [6.07, 6.45) is 0.964. The van der Waals surface area contributed by atoms with Crippen molar-refractivity contribution in [2.75, 3.05) is 10.6 Å². The van der Waals surface area contributed by atoms with Gasteiger partial charge in [-0.15, -0.1) is 0 Å². The van der Waals surface area contributed by atoms with E-state index >= 15 is 0 Å². The van der Waals surface area contributed by atoms with Crippen LogP contribution in [0.2, 0.25) is 0 Å². The molecule has 0 fully saturated rings. The number of hydrogen-bond donors (Lipinski definition) is 2. The van der Waals surface area contributed by atoms with Crippen LogP contribution in [0.25, 0.3) is 0 Å². The number of nitrogens with one attached hydrogen (secondary N) is 2. The molecule has 0 spiro atoms. The molecule has 2 N–H and O–H groups in total. The summed E-state index contributed by atoms with van der Waals surface area (Å²) in [5.41, 5.74) is 2.34. The number of rotatable bonds is 4. The van der Waals surface area contributed by atoms with Crippen LogP contribution < -0.4 is 10.6 Å². The fraction of sp³-hybridized carbons (Fsp3) is 0.348. The standard InChI is InChI=1S/C23H27N3O3/c1-6-14(2)16-9-7-8-10-19(16)25-22(29)24-15-11-12-17-18(13-15)21(28)26(20(17)27)23(3,4)5/h7-14H,6H2,1-5H3,(H2,24,25,29). The molecular formula is C23H27N3O3. The van der Waals surface area contributed by atoms with Gasteiger partial charge in [-0.2, -0.15) is 0 Å². The van der Waals surface area contributed by atoms with Crippen LogP contribution in [0.15, 0.2) is 42.5 Å². The molecule has 1 heterocycles. The number of nitrogens with zero attached hydrogens (tertiary/aromatic N) is 1. The number of carbonyl (C=O) groups excluding carboxylic acids is 3. The third-order valence-electron chi connectivity index (χ3n) is 5.17. The number of anilines is 2. The van der Waals surface area contributed by atoms with Crippen LogP contribution >= 0.6 is 0 Å². The Balaban J connectivity index is 1.79. The lowest BCUT2D eigenvalue weighted by Gasteiger charge is -2.29. The topological polar surface area (TPSA) is 78.5 Å². The molecule has 6 heteroatoms. The highest BCUT2D eigenvalue weighted by atomic mass is 16.2. The maximum absolute atomic E-state index is 12.7. The van der Waals surface area contributed by atoms with Gasteiger partial charge in [0.2, 0.25) is 0 Å². The number of amides is 4. The van der Waals surface area contributed by atoms with Gasteiger partial charge in [0, 0.05) is 16.9 Å². The van der Waals surface area contributed by atoms with E-state index in [1.54, 1.807) is 18.2 Å². The van der Waals surface area contributed by atoms with Crippen molar-refractivity contribution >= 4 is 29.2 Å². The Morgan fingerprint density at radius 3 is 2.31 bits per heavy atom. The Morgan fingerprint density at radius 1 is 1.00 bits per heavy atom. The van der Waals surface area contributed by atoms with Crippen LogP contribution in [0.5, 0.6) is 0 Å². The van der Waals surface area contributed by atoms with Gasteiger partial charge in [0.25, 0.3) is 11.8 Å². The molecule has 1 unspecified atom stereocenters. The SMILES string of the molecule is CCC(C)c1ccccc1NC(=O)Nc1ccc2c(c1)C(=O)N(C(C)(C)C)C2=O. The van der Waals surface area contributed by atoms with E-state index in [1.165, 1.54) is 4.90 Å². The molecule has 0 bridgehead atoms. The lowest BCUT2D eigenvalue weighted by atomic mass is 9.97. The maximum Gasteiger partial charge on any atom is 0.323 e. The molecule has 0 aromatic heterocycles. The predicted molar refractivity (Wildman–Crippen MR) is 114 cm³/mol. The van der Waals surface area contributed by atoms with Gasteiger partial charge < -0.3 is 10.6 Å². The Hall–Kier alpha value is -3.15. The van der Waals surface area contributed by atoms with Gasteiger partial charge in [-0.05, 0) is 62.9 Å². The summed E-state index contributed by atoms with van der Waals surface area (Å²) >= 11 is 0. The smallest absolute Gasteiger partial charge is 0.308 e. The van der Waals surface area contributed by atoms with Crippen LogP contribution in [-0.2, 0) is 0 Å². The van der Waals surface area contributed by atoms with E-state index in [1.807, 2.05) is 45.0 Å². The first-order valence-corrected chi connectivity index (χ1v) is 9.83. The molecule has 0 saturated heterocycles. The van der Waals surface area contributed by atoms with E-state index in [-0.39, 0.29) is 11.8 Å². The molecule has 3 rings (SSSR count). The van der Waals surface area contributed by atoms with Crippen molar-refractivity contribution in [3.63, 3.8) is 0 Å². The quantitative estimate of drug-likeness (QED) is 0.697. The van der Waals surface area contributed by atoms with E-state index in [9.17, 15) is 14.4 Å². The molecule has 1 aliphatic heterocycles. The number of carbonyl (C=O) groups is 3. The van der Waals surface area contributed by atoms with Gasteiger partial charge in [0.15, 0.2) is 0 Å². The number of para-hydroxylation sites is 1. The molecule has 1 aliphatic rings. The second-order valence-electron chi connectivity index (χ2n) is 8.35. The second-order valence-corrected chi connectivity index (χ2v) is 8.35. The fourth-order valence-corrected chi connectivity index (χ4v) is 3.47. The number of imide groups is 1. The average molecular weight is 393 g/mol. The summed E-state index contributed by atoms with van der Waals surface area (Å²) in [5, 5.41) is 5.64. The minimum atomic E-state index is -0.613. The van der Waals surface area contributed by atoms with Gasteiger partial charge >= 0.3 is 6.03 Å². The van der Waals surface area contributed by atoms with Crippen molar-refractivity contribution in [1.29, 1.82) is 0 Å². The van der Waals surface area contributed by atoms with Crippen LogP contribution in [0, 0.1) is 0 Å². The van der Waals surface area contributed by atoms with Gasteiger partial charge in [-0.1, -0.05) is 32.0 Å². The lowest BCUT2D eigenvalue weighted by molar-refractivity contribution is 0.0507. The predicted octanol–water partition coefficient (Wildman–Crippen LogP) is 5.24. The van der Waals surface area contributed by atoms with E-state index < -0.39 is 11.6 Å². The third kappa shape index (κ3) is 4.01. The lowest BCUT2D eigenvalue weighted by Crippen LogP contribution is -2.45. The van der Waals surface area contributed by atoms with E-state index in [0.717, 1.165) is 17.7 Å². The van der Waals surface area contributed by atoms with Crippen LogP contribution in [0.3, 0.4) is 0 Å². The summed E-state index contributed by atoms with van der Waals surface area (Å²) < 4.78 is 0. The summed E-state index contributed by atoms with van der Waals surface area (Å²) in [4.78, 5) is 39.1. The highest BCUT2D eigenvalue weighted by Crippen LogP contribution is 2.31. The summed E-state index contributed by atoms with van der Waals surface area (Å²) in [6, 6.07) is 12.1. The molecule has 1 atom stereocenters. The zero-order valence-electron chi connectivity index (χ0n) is 17.5. The molecule has 6 nitrogen and oxygen atoms in total. The Morgan fingerprint density at radius 2 is 1.66 bits per heavy atom. The first-order valence-electron chi connectivity index (χ1n) is 9.83. The molecule has 152 valence electrons. The van der Waals surface area contributed by atoms with E-state index in [4.69, 9.17) is 0 Å². The van der Waals surface area contributed by atoms with Crippen molar-refractivity contribution in [2.24, 2.45) is 0 Å². The number of hydrogen-bond acceptors (Lipinski definition) is 3.